The normalized spacial score (nSPS) is 14.6. The second-order valence-electron chi connectivity index (χ2n) is 3.07. The highest BCUT2D eigenvalue weighted by Gasteiger charge is 2.01. The Labute approximate surface area is 92.0 Å². The number of thiophene rings is 1. The van der Waals surface area contributed by atoms with Gasteiger partial charge in [0.2, 0.25) is 0 Å². The molecule has 13 heavy (non-hydrogen) atoms. The van der Waals surface area contributed by atoms with Crippen LogP contribution in [-0.2, 0) is 0 Å². The largest absolute Gasteiger partial charge is 0.314 e. The molecule has 1 unspecified atom stereocenters. The van der Waals surface area contributed by atoms with E-state index in [0.29, 0.717) is 6.04 Å². The Kier molecular flexibility index (Phi) is 4.16. The summed E-state index contributed by atoms with van der Waals surface area (Å²) in [6.07, 6.45) is 2.22. The third-order valence-corrected chi connectivity index (χ3v) is 3.71. The Morgan fingerprint density at radius 3 is 2.85 bits per heavy atom. The Bertz CT molecular complexity index is 304. The maximum absolute atomic E-state index is 3.44. The van der Waals surface area contributed by atoms with E-state index in [9.17, 15) is 0 Å². The van der Waals surface area contributed by atoms with Crippen molar-refractivity contribution in [3.63, 3.8) is 0 Å². The zero-order chi connectivity index (χ0) is 9.84. The van der Waals surface area contributed by atoms with Crippen LogP contribution >= 0.6 is 27.3 Å². The Balaban J connectivity index is 2.76. The van der Waals surface area contributed by atoms with Gasteiger partial charge in [0.1, 0.15) is 0 Å². The Morgan fingerprint density at radius 2 is 2.38 bits per heavy atom. The van der Waals surface area contributed by atoms with Crippen molar-refractivity contribution >= 4 is 33.3 Å². The van der Waals surface area contributed by atoms with Gasteiger partial charge in [-0.1, -0.05) is 5.57 Å². The van der Waals surface area contributed by atoms with Crippen LogP contribution in [0.25, 0.3) is 6.08 Å². The predicted molar refractivity (Wildman–Crippen MR) is 64.2 cm³/mol. The molecular formula is C10H14BrNS. The van der Waals surface area contributed by atoms with Crippen molar-refractivity contribution in [1.82, 2.24) is 5.32 Å². The molecule has 1 heterocycles. The van der Waals surface area contributed by atoms with Crippen LogP contribution < -0.4 is 5.32 Å². The molecule has 72 valence electrons. The smallest absolute Gasteiger partial charge is 0.0288 e. The first-order valence-corrected chi connectivity index (χ1v) is 5.90. The maximum atomic E-state index is 3.44. The second kappa shape index (κ2) is 4.94. The number of halogens is 1. The first-order valence-electron chi connectivity index (χ1n) is 4.23. The van der Waals surface area contributed by atoms with Crippen molar-refractivity contribution in [3.05, 3.63) is 26.4 Å². The fourth-order valence-corrected chi connectivity index (χ4v) is 2.43. The van der Waals surface area contributed by atoms with Crippen LogP contribution in [0.3, 0.4) is 0 Å². The Hall–Kier alpha value is -0.120. The summed E-state index contributed by atoms with van der Waals surface area (Å²) in [5.74, 6) is 0. The lowest BCUT2D eigenvalue weighted by atomic mass is 10.1. The lowest BCUT2D eigenvalue weighted by Gasteiger charge is -2.09. The summed E-state index contributed by atoms with van der Waals surface area (Å²) >= 11 is 5.20. The standard InChI is InChI=1S/C10H14BrNS/c1-7(8(2)12-3)4-10-5-9(11)6-13-10/h4-6,8,12H,1-3H3/b7-4+. The Morgan fingerprint density at radius 1 is 1.69 bits per heavy atom. The molecule has 0 spiro atoms. The summed E-state index contributed by atoms with van der Waals surface area (Å²) < 4.78 is 1.16. The molecule has 0 aromatic carbocycles. The number of hydrogen-bond donors (Lipinski definition) is 1. The van der Waals surface area contributed by atoms with Crippen molar-refractivity contribution in [2.24, 2.45) is 0 Å². The van der Waals surface area contributed by atoms with Gasteiger partial charge in [0.05, 0.1) is 0 Å². The van der Waals surface area contributed by atoms with Crippen molar-refractivity contribution in [2.75, 3.05) is 7.05 Å². The van der Waals surface area contributed by atoms with Crippen LogP contribution in [0.5, 0.6) is 0 Å². The third-order valence-electron chi connectivity index (χ3n) is 2.07. The number of rotatable bonds is 3. The van der Waals surface area contributed by atoms with Crippen molar-refractivity contribution in [3.8, 4) is 0 Å². The van der Waals surface area contributed by atoms with Crippen molar-refractivity contribution in [2.45, 2.75) is 19.9 Å². The highest BCUT2D eigenvalue weighted by molar-refractivity contribution is 9.10. The van der Waals surface area contributed by atoms with Crippen LogP contribution in [-0.4, -0.2) is 13.1 Å². The monoisotopic (exact) mass is 259 g/mol. The first-order chi connectivity index (χ1) is 6.13. The van der Waals surface area contributed by atoms with Crippen LogP contribution in [0.1, 0.15) is 18.7 Å². The molecule has 0 bridgehead atoms. The number of nitrogens with one attached hydrogen (secondary N) is 1. The summed E-state index contributed by atoms with van der Waals surface area (Å²) in [4.78, 5) is 1.30. The minimum Gasteiger partial charge on any atom is -0.314 e. The molecule has 3 heteroatoms. The van der Waals surface area contributed by atoms with E-state index in [1.165, 1.54) is 10.5 Å². The zero-order valence-corrected chi connectivity index (χ0v) is 10.5. The van der Waals surface area contributed by atoms with Gasteiger partial charge in [0, 0.05) is 20.8 Å². The molecule has 0 aliphatic heterocycles. The van der Waals surface area contributed by atoms with Gasteiger partial charge in [-0.05, 0) is 49.0 Å². The second-order valence-corrected chi connectivity index (χ2v) is 4.92. The molecule has 1 aromatic rings. The molecule has 0 saturated carbocycles. The van der Waals surface area contributed by atoms with Crippen LogP contribution in [0, 0.1) is 0 Å². The van der Waals surface area contributed by atoms with E-state index < -0.39 is 0 Å². The summed E-state index contributed by atoms with van der Waals surface area (Å²) in [5.41, 5.74) is 1.36. The van der Waals surface area contributed by atoms with E-state index in [0.717, 1.165) is 4.47 Å². The topological polar surface area (TPSA) is 12.0 Å². The van der Waals surface area contributed by atoms with Gasteiger partial charge in [-0.3, -0.25) is 0 Å². The molecular weight excluding hydrogens is 246 g/mol. The molecule has 1 nitrogen and oxygen atoms in total. The van der Waals surface area contributed by atoms with Crippen molar-refractivity contribution < 1.29 is 0 Å². The summed E-state index contributed by atoms with van der Waals surface area (Å²) in [5, 5.41) is 5.32. The van der Waals surface area contributed by atoms with Crippen LogP contribution in [0.15, 0.2) is 21.5 Å². The summed E-state index contributed by atoms with van der Waals surface area (Å²) in [7, 11) is 1.98. The number of likely N-dealkylation sites (N-methyl/N-ethyl adjacent to an activating group) is 1. The van der Waals surface area contributed by atoms with Gasteiger partial charge in [0.25, 0.3) is 0 Å². The van der Waals surface area contributed by atoms with Crippen LogP contribution in [0.4, 0.5) is 0 Å². The lowest BCUT2D eigenvalue weighted by molar-refractivity contribution is 0.696. The highest BCUT2D eigenvalue weighted by Crippen LogP contribution is 2.22. The van der Waals surface area contributed by atoms with Gasteiger partial charge in [0.15, 0.2) is 0 Å². The molecule has 1 rings (SSSR count). The molecule has 0 aliphatic rings. The van der Waals surface area contributed by atoms with Crippen LogP contribution in [0.2, 0.25) is 0 Å². The lowest BCUT2D eigenvalue weighted by Crippen LogP contribution is -2.21. The first kappa shape index (κ1) is 11.0. The average Bonchev–Trinajstić information content (AvgIpc) is 2.49. The molecule has 1 aromatic heterocycles. The summed E-state index contributed by atoms with van der Waals surface area (Å²) in [6.45, 7) is 4.31. The van der Waals surface area contributed by atoms with E-state index in [1.807, 2.05) is 7.05 Å². The minimum atomic E-state index is 0.445. The van der Waals surface area contributed by atoms with Gasteiger partial charge < -0.3 is 5.32 Å². The minimum absolute atomic E-state index is 0.445. The molecule has 0 fully saturated rings. The van der Waals surface area contributed by atoms with Gasteiger partial charge >= 0.3 is 0 Å². The van der Waals surface area contributed by atoms with E-state index in [2.05, 4.69) is 52.6 Å². The highest BCUT2D eigenvalue weighted by atomic mass is 79.9. The summed E-state index contributed by atoms with van der Waals surface area (Å²) in [6, 6.07) is 2.58. The quantitative estimate of drug-likeness (QED) is 0.876. The molecule has 0 saturated heterocycles. The molecule has 0 aliphatic carbocycles. The fourth-order valence-electron chi connectivity index (χ4n) is 0.981. The molecule has 1 N–H and O–H groups in total. The molecule has 0 radical (unpaired) electrons. The van der Waals surface area contributed by atoms with Gasteiger partial charge in [-0.2, -0.15) is 0 Å². The van der Waals surface area contributed by atoms with E-state index >= 15 is 0 Å². The number of hydrogen-bond acceptors (Lipinski definition) is 2. The molecule has 0 amide bonds. The van der Waals surface area contributed by atoms with E-state index in [-0.39, 0.29) is 0 Å². The third kappa shape index (κ3) is 3.25. The van der Waals surface area contributed by atoms with Gasteiger partial charge in [-0.25, -0.2) is 0 Å². The van der Waals surface area contributed by atoms with E-state index in [4.69, 9.17) is 0 Å². The zero-order valence-electron chi connectivity index (χ0n) is 8.10. The average molecular weight is 260 g/mol. The van der Waals surface area contributed by atoms with Crippen molar-refractivity contribution in [1.29, 1.82) is 0 Å². The SMILES string of the molecule is CNC(C)/C(C)=C/c1cc(Br)cs1. The predicted octanol–water partition coefficient (Wildman–Crippen LogP) is 3.52. The molecule has 1 atom stereocenters. The maximum Gasteiger partial charge on any atom is 0.0288 e. The van der Waals surface area contributed by atoms with Gasteiger partial charge in [-0.15, -0.1) is 11.3 Å². The van der Waals surface area contributed by atoms with E-state index in [1.54, 1.807) is 11.3 Å². The fraction of sp³-hybridized carbons (Fsp3) is 0.400.